The third-order valence-electron chi connectivity index (χ3n) is 2.36. The highest BCUT2D eigenvalue weighted by Crippen LogP contribution is 2.09. The van der Waals surface area contributed by atoms with Crippen molar-refractivity contribution >= 4 is 11.9 Å². The van der Waals surface area contributed by atoms with Crippen LogP contribution in [0.25, 0.3) is 0 Å². The highest BCUT2D eigenvalue weighted by molar-refractivity contribution is 5.76. The van der Waals surface area contributed by atoms with Gasteiger partial charge >= 0.3 is 11.9 Å². The van der Waals surface area contributed by atoms with Crippen molar-refractivity contribution in [2.24, 2.45) is 11.8 Å². The van der Waals surface area contributed by atoms with Gasteiger partial charge in [0.25, 0.3) is 0 Å². The zero-order valence-corrected chi connectivity index (χ0v) is 11.7. The minimum atomic E-state index is -0.866. The zero-order chi connectivity index (χ0) is 15.4. The maximum atomic E-state index is 11.3. The fraction of sp³-hybridized carbons (Fsp3) is 0.571. The van der Waals surface area contributed by atoms with Gasteiger partial charge in [0, 0.05) is 0 Å². The van der Waals surface area contributed by atoms with E-state index in [1.807, 2.05) is 12.1 Å². The van der Waals surface area contributed by atoms with E-state index < -0.39 is 23.8 Å². The molecular weight excluding hydrogens is 260 g/mol. The minimum Gasteiger partial charge on any atom is -0.465 e. The van der Waals surface area contributed by atoms with Crippen LogP contribution in [0.3, 0.4) is 0 Å². The van der Waals surface area contributed by atoms with Gasteiger partial charge in [0.2, 0.25) is 0 Å². The molecule has 0 aliphatic heterocycles. The van der Waals surface area contributed by atoms with E-state index in [0.29, 0.717) is 0 Å². The van der Waals surface area contributed by atoms with Gasteiger partial charge in [-0.2, -0.15) is 10.5 Å². The second kappa shape index (κ2) is 10.6. The molecule has 0 aromatic heterocycles. The van der Waals surface area contributed by atoms with Gasteiger partial charge < -0.3 is 9.47 Å². The van der Waals surface area contributed by atoms with Crippen molar-refractivity contribution in [2.75, 3.05) is 13.2 Å². The minimum absolute atomic E-state index is 0.191. The number of hydrogen-bond donors (Lipinski definition) is 0. The van der Waals surface area contributed by atoms with Crippen molar-refractivity contribution in [3.63, 3.8) is 0 Å². The smallest absolute Gasteiger partial charge is 0.323 e. The predicted octanol–water partition coefficient (Wildman–Crippen LogP) is 1.73. The van der Waals surface area contributed by atoms with Crippen LogP contribution >= 0.6 is 0 Å². The molecule has 0 saturated carbocycles. The van der Waals surface area contributed by atoms with Crippen molar-refractivity contribution in [3.8, 4) is 12.1 Å². The normalized spacial score (nSPS) is 13.0. The Labute approximate surface area is 118 Å². The summed E-state index contributed by atoms with van der Waals surface area (Å²) < 4.78 is 9.49. The fourth-order valence-corrected chi connectivity index (χ4v) is 1.35. The Bertz CT molecular complexity index is 391. The standard InChI is InChI=1S/C14H18N2O4/c1-3-19-13(17)11(9-15)7-5-6-8-12(10-16)14(18)20-4-2/h5-6,11-12H,3-4,7-8H2,1-2H3/b6-5+. The molecule has 0 rings (SSSR count). The first-order valence-corrected chi connectivity index (χ1v) is 6.38. The van der Waals surface area contributed by atoms with E-state index in [4.69, 9.17) is 20.0 Å². The average molecular weight is 278 g/mol. The molecule has 20 heavy (non-hydrogen) atoms. The molecule has 0 aliphatic carbocycles. The molecule has 0 aromatic rings. The van der Waals surface area contributed by atoms with E-state index in [0.717, 1.165) is 0 Å². The summed E-state index contributed by atoms with van der Waals surface area (Å²) in [6.07, 6.45) is 3.56. The van der Waals surface area contributed by atoms with Crippen molar-refractivity contribution < 1.29 is 19.1 Å². The average Bonchev–Trinajstić information content (AvgIpc) is 2.43. The first-order chi connectivity index (χ1) is 9.60. The number of hydrogen-bond acceptors (Lipinski definition) is 6. The summed E-state index contributed by atoms with van der Waals surface area (Å²) in [5.41, 5.74) is 0. The van der Waals surface area contributed by atoms with E-state index >= 15 is 0 Å². The van der Waals surface area contributed by atoms with E-state index in [1.54, 1.807) is 26.0 Å². The number of nitriles is 2. The molecule has 0 radical (unpaired) electrons. The van der Waals surface area contributed by atoms with Crippen LogP contribution in [0, 0.1) is 34.5 Å². The van der Waals surface area contributed by atoms with Crippen LogP contribution in [0.5, 0.6) is 0 Å². The highest BCUT2D eigenvalue weighted by Gasteiger charge is 2.19. The lowest BCUT2D eigenvalue weighted by molar-refractivity contribution is -0.146. The van der Waals surface area contributed by atoms with Gasteiger partial charge in [0.15, 0.2) is 0 Å². The number of esters is 2. The maximum Gasteiger partial charge on any atom is 0.323 e. The van der Waals surface area contributed by atoms with Crippen LogP contribution in [0.15, 0.2) is 12.2 Å². The Hall–Kier alpha value is -2.34. The second-order valence-corrected chi connectivity index (χ2v) is 3.81. The summed E-state index contributed by atoms with van der Waals surface area (Å²) in [6.45, 7) is 3.78. The zero-order valence-electron chi connectivity index (χ0n) is 11.7. The van der Waals surface area contributed by atoms with Gasteiger partial charge in [-0.25, -0.2) is 0 Å². The van der Waals surface area contributed by atoms with Gasteiger partial charge in [-0.1, -0.05) is 12.2 Å². The third-order valence-corrected chi connectivity index (χ3v) is 2.36. The van der Waals surface area contributed by atoms with Crippen LogP contribution in [0.1, 0.15) is 26.7 Å². The van der Waals surface area contributed by atoms with Crippen LogP contribution < -0.4 is 0 Å². The fourth-order valence-electron chi connectivity index (χ4n) is 1.35. The quantitative estimate of drug-likeness (QED) is 0.495. The Balaban J connectivity index is 4.30. The molecule has 2 atom stereocenters. The van der Waals surface area contributed by atoms with Crippen molar-refractivity contribution in [2.45, 2.75) is 26.7 Å². The number of carbonyl (C=O) groups is 2. The summed E-state index contributed by atoms with van der Waals surface area (Å²) in [6, 6.07) is 3.70. The molecule has 0 amide bonds. The Kier molecular flexibility index (Phi) is 9.33. The molecule has 108 valence electrons. The highest BCUT2D eigenvalue weighted by atomic mass is 16.5. The molecule has 0 bridgehead atoms. The third kappa shape index (κ3) is 6.55. The molecule has 0 N–H and O–H groups in total. The first-order valence-electron chi connectivity index (χ1n) is 6.38. The van der Waals surface area contributed by atoms with Crippen molar-refractivity contribution in [1.82, 2.24) is 0 Å². The van der Waals surface area contributed by atoms with Crippen molar-refractivity contribution in [3.05, 3.63) is 12.2 Å². The van der Waals surface area contributed by atoms with Gasteiger partial charge in [-0.15, -0.1) is 0 Å². The molecule has 2 unspecified atom stereocenters. The SMILES string of the molecule is CCOC(=O)C(C#N)C/C=C/CC(C#N)C(=O)OCC. The predicted molar refractivity (Wildman–Crippen MR) is 69.8 cm³/mol. The summed E-state index contributed by atoms with van der Waals surface area (Å²) in [5, 5.41) is 17.6. The van der Waals surface area contributed by atoms with Gasteiger partial charge in [0.05, 0.1) is 25.4 Å². The number of carbonyl (C=O) groups excluding carboxylic acids is 2. The molecule has 0 heterocycles. The largest absolute Gasteiger partial charge is 0.465 e. The molecule has 0 aromatic carbocycles. The Morgan fingerprint density at radius 1 is 0.950 bits per heavy atom. The number of rotatable bonds is 8. The first kappa shape index (κ1) is 17.7. The van der Waals surface area contributed by atoms with Crippen LogP contribution in [0.4, 0.5) is 0 Å². The van der Waals surface area contributed by atoms with Gasteiger partial charge in [-0.3, -0.25) is 9.59 Å². The monoisotopic (exact) mass is 278 g/mol. The molecule has 6 heteroatoms. The molecule has 0 spiro atoms. The summed E-state index contributed by atoms with van der Waals surface area (Å²) >= 11 is 0. The summed E-state index contributed by atoms with van der Waals surface area (Å²) in [5.74, 6) is -2.87. The Morgan fingerprint density at radius 3 is 1.55 bits per heavy atom. The molecule has 0 saturated heterocycles. The van der Waals surface area contributed by atoms with E-state index in [1.165, 1.54) is 0 Å². The molecule has 0 fully saturated rings. The molecular formula is C14H18N2O4. The number of ether oxygens (including phenoxy) is 2. The van der Waals surface area contributed by atoms with E-state index in [9.17, 15) is 9.59 Å². The number of nitrogens with zero attached hydrogens (tertiary/aromatic N) is 2. The van der Waals surface area contributed by atoms with Crippen LogP contribution in [-0.4, -0.2) is 25.2 Å². The lowest BCUT2D eigenvalue weighted by Gasteiger charge is -2.06. The van der Waals surface area contributed by atoms with E-state index in [2.05, 4.69) is 0 Å². The maximum absolute atomic E-state index is 11.3. The van der Waals surface area contributed by atoms with Crippen LogP contribution in [0.2, 0.25) is 0 Å². The summed E-state index contributed by atoms with van der Waals surface area (Å²) in [4.78, 5) is 22.7. The van der Waals surface area contributed by atoms with Gasteiger partial charge in [-0.05, 0) is 26.7 Å². The second-order valence-electron chi connectivity index (χ2n) is 3.81. The lowest BCUT2D eigenvalue weighted by Crippen LogP contribution is -2.16. The van der Waals surface area contributed by atoms with Crippen LogP contribution in [-0.2, 0) is 19.1 Å². The topological polar surface area (TPSA) is 100 Å². The lowest BCUT2D eigenvalue weighted by atomic mass is 10.0. The molecule has 6 nitrogen and oxygen atoms in total. The van der Waals surface area contributed by atoms with Crippen molar-refractivity contribution in [1.29, 1.82) is 10.5 Å². The molecule has 0 aliphatic rings. The summed E-state index contributed by atoms with van der Waals surface area (Å²) in [7, 11) is 0. The Morgan fingerprint density at radius 2 is 1.30 bits per heavy atom. The van der Waals surface area contributed by atoms with E-state index in [-0.39, 0.29) is 26.1 Å². The van der Waals surface area contributed by atoms with Gasteiger partial charge in [0.1, 0.15) is 11.8 Å². The number of allylic oxidation sites excluding steroid dienone is 2.